The topological polar surface area (TPSA) is 52.7 Å². The minimum Gasteiger partial charge on any atom is -0.339 e. The lowest BCUT2D eigenvalue weighted by molar-refractivity contribution is -0.132. The van der Waals surface area contributed by atoms with Crippen molar-refractivity contribution in [1.82, 2.24) is 4.90 Å². The number of para-hydroxylation sites is 3. The molecular formula is C27H27N3O2. The first-order valence-corrected chi connectivity index (χ1v) is 11.2. The molecule has 1 atom stereocenters. The molecule has 0 saturated heterocycles. The van der Waals surface area contributed by atoms with Crippen molar-refractivity contribution in [2.75, 3.05) is 23.3 Å². The Morgan fingerprint density at radius 1 is 0.844 bits per heavy atom. The van der Waals surface area contributed by atoms with Crippen molar-refractivity contribution >= 4 is 28.9 Å². The van der Waals surface area contributed by atoms with E-state index in [-0.39, 0.29) is 24.3 Å². The third-order valence-corrected chi connectivity index (χ3v) is 6.55. The molecule has 1 N–H and O–H groups in total. The summed E-state index contributed by atoms with van der Waals surface area (Å²) in [6.45, 7) is 3.12. The Morgan fingerprint density at radius 3 is 2.31 bits per heavy atom. The van der Waals surface area contributed by atoms with Crippen LogP contribution in [0.2, 0.25) is 0 Å². The molecule has 5 rings (SSSR count). The van der Waals surface area contributed by atoms with E-state index in [1.165, 1.54) is 16.8 Å². The average Bonchev–Trinajstić information content (AvgIpc) is 3.23. The van der Waals surface area contributed by atoms with Crippen molar-refractivity contribution in [3.8, 4) is 0 Å². The fourth-order valence-corrected chi connectivity index (χ4v) is 5.03. The molecular weight excluding hydrogens is 398 g/mol. The van der Waals surface area contributed by atoms with Crippen molar-refractivity contribution in [1.29, 1.82) is 0 Å². The molecule has 5 heteroatoms. The predicted octanol–water partition coefficient (Wildman–Crippen LogP) is 4.86. The van der Waals surface area contributed by atoms with Crippen LogP contribution in [0.25, 0.3) is 0 Å². The molecule has 2 heterocycles. The first kappa shape index (κ1) is 20.3. The third-order valence-electron chi connectivity index (χ3n) is 6.55. The predicted molar refractivity (Wildman–Crippen MR) is 127 cm³/mol. The maximum Gasteiger partial charge on any atom is 0.226 e. The van der Waals surface area contributed by atoms with Gasteiger partial charge in [0.15, 0.2) is 0 Å². The van der Waals surface area contributed by atoms with Gasteiger partial charge in [-0.05, 0) is 47.7 Å². The molecule has 2 amide bonds. The molecule has 1 unspecified atom stereocenters. The summed E-state index contributed by atoms with van der Waals surface area (Å²) in [5.74, 6) is -0.0794. The number of benzene rings is 3. The second-order valence-electron chi connectivity index (χ2n) is 8.48. The molecule has 0 aliphatic carbocycles. The van der Waals surface area contributed by atoms with Crippen LogP contribution >= 0.6 is 0 Å². The van der Waals surface area contributed by atoms with Gasteiger partial charge in [0.25, 0.3) is 0 Å². The van der Waals surface area contributed by atoms with E-state index in [4.69, 9.17) is 0 Å². The number of anilines is 3. The number of rotatable bonds is 4. The molecule has 32 heavy (non-hydrogen) atoms. The van der Waals surface area contributed by atoms with Gasteiger partial charge in [-0.3, -0.25) is 9.59 Å². The summed E-state index contributed by atoms with van der Waals surface area (Å²) >= 11 is 0. The highest BCUT2D eigenvalue weighted by atomic mass is 16.2. The lowest BCUT2D eigenvalue weighted by Gasteiger charge is -2.36. The molecule has 0 aromatic heterocycles. The molecule has 162 valence electrons. The molecule has 0 fully saturated rings. The smallest absolute Gasteiger partial charge is 0.226 e. The summed E-state index contributed by atoms with van der Waals surface area (Å²) < 4.78 is 0. The van der Waals surface area contributed by atoms with Gasteiger partial charge in [0.2, 0.25) is 11.8 Å². The van der Waals surface area contributed by atoms with Gasteiger partial charge in [0.05, 0.1) is 23.8 Å². The molecule has 0 saturated carbocycles. The van der Waals surface area contributed by atoms with E-state index < -0.39 is 0 Å². The van der Waals surface area contributed by atoms with E-state index in [1.54, 1.807) is 6.92 Å². The normalized spacial score (nSPS) is 17.0. The zero-order valence-electron chi connectivity index (χ0n) is 18.3. The zero-order valence-corrected chi connectivity index (χ0v) is 18.3. The van der Waals surface area contributed by atoms with Crippen molar-refractivity contribution < 1.29 is 9.59 Å². The first-order chi connectivity index (χ1) is 15.6. The Bertz CT molecular complexity index is 1170. The van der Waals surface area contributed by atoms with E-state index >= 15 is 0 Å². The summed E-state index contributed by atoms with van der Waals surface area (Å²) in [7, 11) is 0. The highest BCUT2D eigenvalue weighted by Crippen LogP contribution is 2.39. The quantitative estimate of drug-likeness (QED) is 0.650. The van der Waals surface area contributed by atoms with E-state index in [1.807, 2.05) is 41.3 Å². The number of carbonyl (C=O) groups excluding carboxylic acids is 2. The van der Waals surface area contributed by atoms with Crippen LogP contribution in [-0.4, -0.2) is 29.8 Å². The largest absolute Gasteiger partial charge is 0.339 e. The SMILES string of the molecule is CC(=O)N1CCc2ccccc2C1CC(=O)Nc1ccccc1N1CCc2ccccc21. The first-order valence-electron chi connectivity index (χ1n) is 11.2. The molecule has 0 bridgehead atoms. The van der Waals surface area contributed by atoms with Gasteiger partial charge in [-0.15, -0.1) is 0 Å². The number of carbonyl (C=O) groups is 2. The van der Waals surface area contributed by atoms with Crippen LogP contribution in [0.5, 0.6) is 0 Å². The van der Waals surface area contributed by atoms with Crippen molar-refractivity contribution in [2.45, 2.75) is 32.2 Å². The van der Waals surface area contributed by atoms with Gasteiger partial charge in [-0.2, -0.15) is 0 Å². The molecule has 3 aromatic carbocycles. The summed E-state index contributed by atoms with van der Waals surface area (Å²) in [5.41, 5.74) is 6.61. The van der Waals surface area contributed by atoms with E-state index in [9.17, 15) is 9.59 Å². The second-order valence-corrected chi connectivity index (χ2v) is 8.48. The van der Waals surface area contributed by atoms with Crippen molar-refractivity contribution in [2.24, 2.45) is 0 Å². The molecule has 5 nitrogen and oxygen atoms in total. The number of nitrogens with zero attached hydrogens (tertiary/aromatic N) is 2. The van der Waals surface area contributed by atoms with Gasteiger partial charge in [-0.25, -0.2) is 0 Å². The zero-order chi connectivity index (χ0) is 22.1. The van der Waals surface area contributed by atoms with Gasteiger partial charge in [0.1, 0.15) is 0 Å². The van der Waals surface area contributed by atoms with Crippen LogP contribution in [0.15, 0.2) is 72.8 Å². The maximum atomic E-state index is 13.2. The number of amides is 2. The van der Waals surface area contributed by atoms with E-state index in [0.717, 1.165) is 36.3 Å². The minimum atomic E-state index is -0.239. The Kier molecular flexibility index (Phi) is 5.39. The standard InChI is InChI=1S/C27H27N3O2/c1-19(31)29-16-14-20-8-2-4-10-22(20)26(29)18-27(32)28-23-11-5-7-13-25(23)30-17-15-21-9-3-6-12-24(21)30/h2-13,26H,14-18H2,1H3,(H,28,32). The lowest BCUT2D eigenvalue weighted by atomic mass is 9.90. The van der Waals surface area contributed by atoms with Crippen LogP contribution in [0, 0.1) is 0 Å². The molecule has 2 aliphatic rings. The van der Waals surface area contributed by atoms with Gasteiger partial charge in [0, 0.05) is 25.7 Å². The van der Waals surface area contributed by atoms with Gasteiger partial charge >= 0.3 is 0 Å². The van der Waals surface area contributed by atoms with Crippen LogP contribution in [0.1, 0.15) is 36.1 Å². The summed E-state index contributed by atoms with van der Waals surface area (Å²) in [6.07, 6.45) is 2.05. The molecule has 3 aromatic rings. The number of hydrogen-bond acceptors (Lipinski definition) is 3. The number of hydrogen-bond donors (Lipinski definition) is 1. The minimum absolute atomic E-state index is 0.00590. The Labute approximate surface area is 188 Å². The van der Waals surface area contributed by atoms with Gasteiger partial charge < -0.3 is 15.1 Å². The van der Waals surface area contributed by atoms with Gasteiger partial charge in [-0.1, -0.05) is 54.6 Å². The summed E-state index contributed by atoms with van der Waals surface area (Å²) in [4.78, 5) is 29.6. The monoisotopic (exact) mass is 425 g/mol. The summed E-state index contributed by atoms with van der Waals surface area (Å²) in [6, 6.07) is 24.2. The fourth-order valence-electron chi connectivity index (χ4n) is 5.03. The van der Waals surface area contributed by atoms with Crippen molar-refractivity contribution in [3.05, 3.63) is 89.5 Å². The highest BCUT2D eigenvalue weighted by Gasteiger charge is 2.31. The lowest BCUT2D eigenvalue weighted by Crippen LogP contribution is -2.40. The average molecular weight is 426 g/mol. The molecule has 0 radical (unpaired) electrons. The van der Waals surface area contributed by atoms with Crippen LogP contribution in [0.3, 0.4) is 0 Å². The summed E-state index contributed by atoms with van der Waals surface area (Å²) in [5, 5.41) is 3.14. The Hall–Kier alpha value is -3.60. The highest BCUT2D eigenvalue weighted by molar-refractivity contribution is 5.96. The van der Waals surface area contributed by atoms with Crippen molar-refractivity contribution in [3.63, 3.8) is 0 Å². The van der Waals surface area contributed by atoms with E-state index in [2.05, 4.69) is 46.6 Å². The molecule has 2 aliphatic heterocycles. The number of fused-ring (bicyclic) bond motifs is 2. The third kappa shape index (κ3) is 3.75. The van der Waals surface area contributed by atoms with Crippen LogP contribution in [-0.2, 0) is 22.4 Å². The van der Waals surface area contributed by atoms with Crippen LogP contribution < -0.4 is 10.2 Å². The second kappa shape index (κ2) is 8.50. The Morgan fingerprint density at radius 2 is 1.50 bits per heavy atom. The fraction of sp³-hybridized carbons (Fsp3) is 0.259. The number of nitrogens with one attached hydrogen (secondary N) is 1. The maximum absolute atomic E-state index is 13.2. The van der Waals surface area contributed by atoms with Crippen LogP contribution in [0.4, 0.5) is 17.1 Å². The van der Waals surface area contributed by atoms with E-state index in [0.29, 0.717) is 6.54 Å². The Balaban J connectivity index is 1.39. The molecule has 0 spiro atoms.